The second-order valence-electron chi connectivity index (χ2n) is 18.8. The Morgan fingerprint density at radius 1 is 0.482 bits per heavy atom. The molecule has 0 heterocycles. The minimum absolute atomic E-state index is 0.224. The van der Waals surface area contributed by atoms with E-state index in [2.05, 4.69) is 13.8 Å². The Balaban J connectivity index is 2.78. The molecule has 3 N–H and O–H groups in total. The summed E-state index contributed by atoms with van der Waals surface area (Å²) < 4.78 is 0. The maximum atomic E-state index is 12.9. The van der Waals surface area contributed by atoms with Crippen molar-refractivity contribution in [3.63, 3.8) is 0 Å². The van der Waals surface area contributed by atoms with E-state index in [1.165, 1.54) is 167 Å². The van der Waals surface area contributed by atoms with Crippen molar-refractivity contribution < 1.29 is 24.9 Å². The van der Waals surface area contributed by atoms with Crippen LogP contribution in [0, 0.1) is 12.8 Å². The van der Waals surface area contributed by atoms with Crippen molar-refractivity contribution in [1.29, 1.82) is 0 Å². The van der Waals surface area contributed by atoms with Crippen molar-refractivity contribution in [3.8, 4) is 5.75 Å². The Labute approximate surface area is 347 Å². The minimum Gasteiger partial charge on any atom is -0.507 e. The number of phenolic OH excluding ortho intramolecular Hbond substituents is 1. The monoisotopic (exact) mass is 785 g/mol. The highest BCUT2D eigenvalue weighted by molar-refractivity contribution is 5.95. The third kappa shape index (κ3) is 22.2. The number of hydrogen-bond donors (Lipinski definition) is 3. The zero-order valence-corrected chi connectivity index (χ0v) is 37.9. The average molecular weight is 785 g/mol. The number of aromatic hydroxyl groups is 1. The molecule has 1 aromatic rings. The lowest BCUT2D eigenvalue weighted by Gasteiger charge is -2.39. The minimum atomic E-state index is -1.54. The summed E-state index contributed by atoms with van der Waals surface area (Å²) in [5.41, 5.74) is 0.799. The molecule has 0 aromatic heterocycles. The van der Waals surface area contributed by atoms with Crippen molar-refractivity contribution >= 4 is 11.9 Å². The SMILES string of the molecule is CCCCCCCCCCCCCCCCCCC(CCCCCCCCCCCCCCCCCC)(c1cc(C)c(O)c(C(C)(C)C)c1)C(C(=O)O)C(=O)O. The maximum Gasteiger partial charge on any atom is 0.318 e. The summed E-state index contributed by atoms with van der Waals surface area (Å²) in [7, 11) is 0. The lowest BCUT2D eigenvalue weighted by molar-refractivity contribution is -0.159. The van der Waals surface area contributed by atoms with Crippen molar-refractivity contribution in [2.24, 2.45) is 5.92 Å². The Kier molecular flexibility index (Phi) is 29.6. The molecule has 1 aromatic carbocycles. The molecule has 5 heteroatoms. The summed E-state index contributed by atoms with van der Waals surface area (Å²) in [6, 6.07) is 3.84. The smallest absolute Gasteiger partial charge is 0.318 e. The number of benzene rings is 1. The number of unbranched alkanes of at least 4 members (excludes halogenated alkanes) is 30. The van der Waals surface area contributed by atoms with Gasteiger partial charge in [-0.15, -0.1) is 0 Å². The Morgan fingerprint density at radius 2 is 0.750 bits per heavy atom. The highest BCUT2D eigenvalue weighted by atomic mass is 16.4. The van der Waals surface area contributed by atoms with Gasteiger partial charge in [0.25, 0.3) is 0 Å². The number of aryl methyl sites for hydroxylation is 1. The Hall–Kier alpha value is -2.04. The molecule has 0 aliphatic rings. The Morgan fingerprint density at radius 3 is 1.00 bits per heavy atom. The number of phenols is 1. The first-order valence-corrected chi connectivity index (χ1v) is 24.2. The predicted octanol–water partition coefficient (Wildman–Crippen LogP) is 16.3. The number of carboxylic acid groups (broad SMARTS) is 2. The molecule has 0 atom stereocenters. The van der Waals surface area contributed by atoms with Gasteiger partial charge in [0.15, 0.2) is 5.92 Å². The van der Waals surface area contributed by atoms with Crippen LogP contribution in [-0.2, 0) is 20.4 Å². The molecule has 326 valence electrons. The van der Waals surface area contributed by atoms with Gasteiger partial charge in [-0.3, -0.25) is 9.59 Å². The summed E-state index contributed by atoms with van der Waals surface area (Å²) in [6.07, 6.45) is 41.5. The zero-order chi connectivity index (χ0) is 41.5. The van der Waals surface area contributed by atoms with Crippen LogP contribution in [0.2, 0.25) is 0 Å². The molecule has 0 aliphatic heterocycles. The standard InChI is InChI=1S/C51H92O5/c1-7-9-11-13-15-17-19-21-23-25-27-29-31-33-35-37-39-51(46(48(53)54)49(55)56,44-41-43(3)47(52)45(42-44)50(4,5)6)40-38-36-34-32-30-28-26-24-22-20-18-16-14-12-10-8-2/h41-42,46,52H,7-40H2,1-6H3,(H,53,54)(H,55,56). The van der Waals surface area contributed by atoms with Crippen LogP contribution in [0.25, 0.3) is 0 Å². The Bertz CT molecular complexity index is 1080. The van der Waals surface area contributed by atoms with Gasteiger partial charge in [-0.2, -0.15) is 0 Å². The van der Waals surface area contributed by atoms with Crippen LogP contribution < -0.4 is 0 Å². The van der Waals surface area contributed by atoms with Crippen LogP contribution in [0.4, 0.5) is 0 Å². The van der Waals surface area contributed by atoms with Crippen LogP contribution in [0.15, 0.2) is 12.1 Å². The molecular weight excluding hydrogens is 693 g/mol. The van der Waals surface area contributed by atoms with E-state index in [9.17, 15) is 24.9 Å². The second-order valence-corrected chi connectivity index (χ2v) is 18.8. The number of carboxylic acids is 2. The van der Waals surface area contributed by atoms with Gasteiger partial charge in [0.2, 0.25) is 0 Å². The fourth-order valence-corrected chi connectivity index (χ4v) is 9.06. The maximum absolute atomic E-state index is 12.9. The van der Waals surface area contributed by atoms with Crippen molar-refractivity contribution in [2.45, 2.75) is 271 Å². The van der Waals surface area contributed by atoms with Crippen LogP contribution >= 0.6 is 0 Å². The first-order chi connectivity index (χ1) is 26.9. The third-order valence-corrected chi connectivity index (χ3v) is 12.7. The predicted molar refractivity (Wildman–Crippen MR) is 240 cm³/mol. The molecule has 1 rings (SSSR count). The first-order valence-electron chi connectivity index (χ1n) is 24.2. The molecule has 5 nitrogen and oxygen atoms in total. The van der Waals surface area contributed by atoms with E-state index in [-0.39, 0.29) is 11.2 Å². The molecule has 56 heavy (non-hydrogen) atoms. The fraction of sp³-hybridized carbons (Fsp3) is 0.843. The molecule has 0 fully saturated rings. The topological polar surface area (TPSA) is 94.8 Å². The molecule has 0 radical (unpaired) electrons. The van der Waals surface area contributed by atoms with Gasteiger partial charge in [0, 0.05) is 5.41 Å². The average Bonchev–Trinajstić information content (AvgIpc) is 3.14. The van der Waals surface area contributed by atoms with Gasteiger partial charge in [0.05, 0.1) is 0 Å². The molecule has 0 saturated heterocycles. The van der Waals surface area contributed by atoms with E-state index >= 15 is 0 Å². The largest absolute Gasteiger partial charge is 0.507 e. The molecule has 0 bridgehead atoms. The van der Waals surface area contributed by atoms with E-state index in [1.807, 2.05) is 39.8 Å². The van der Waals surface area contributed by atoms with Gasteiger partial charge < -0.3 is 15.3 Å². The normalized spacial score (nSPS) is 12.2. The third-order valence-electron chi connectivity index (χ3n) is 12.7. The highest BCUT2D eigenvalue weighted by Gasteiger charge is 2.49. The summed E-state index contributed by atoms with van der Waals surface area (Å²) in [6.45, 7) is 12.5. The molecule has 0 saturated carbocycles. The van der Waals surface area contributed by atoms with Gasteiger partial charge in [-0.05, 0) is 41.9 Å². The van der Waals surface area contributed by atoms with Gasteiger partial charge >= 0.3 is 11.9 Å². The van der Waals surface area contributed by atoms with E-state index < -0.39 is 23.3 Å². The van der Waals surface area contributed by atoms with Crippen molar-refractivity contribution in [3.05, 3.63) is 28.8 Å². The van der Waals surface area contributed by atoms with Gasteiger partial charge in [-0.25, -0.2) is 0 Å². The molecule has 0 spiro atoms. The first kappa shape index (κ1) is 52.0. The molecular formula is C51H92O5. The van der Waals surface area contributed by atoms with Crippen LogP contribution in [0.5, 0.6) is 5.75 Å². The van der Waals surface area contributed by atoms with Crippen LogP contribution in [-0.4, -0.2) is 27.3 Å². The quantitative estimate of drug-likeness (QED) is 0.0458. The summed E-state index contributed by atoms with van der Waals surface area (Å²) in [5, 5.41) is 32.2. The van der Waals surface area contributed by atoms with Crippen LogP contribution in [0.1, 0.15) is 270 Å². The highest BCUT2D eigenvalue weighted by Crippen LogP contribution is 2.46. The fourth-order valence-electron chi connectivity index (χ4n) is 9.06. The summed E-state index contributed by atoms with van der Waals surface area (Å²) >= 11 is 0. The molecule has 0 unspecified atom stereocenters. The van der Waals surface area contributed by atoms with Crippen molar-refractivity contribution in [2.75, 3.05) is 0 Å². The zero-order valence-electron chi connectivity index (χ0n) is 37.9. The summed E-state index contributed by atoms with van der Waals surface area (Å²) in [5.74, 6) is -3.82. The second kappa shape index (κ2) is 31.9. The lowest BCUT2D eigenvalue weighted by atomic mass is 9.63. The summed E-state index contributed by atoms with van der Waals surface area (Å²) in [4.78, 5) is 25.8. The van der Waals surface area contributed by atoms with E-state index in [1.54, 1.807) is 0 Å². The van der Waals surface area contributed by atoms with E-state index in [4.69, 9.17) is 0 Å². The number of rotatable bonds is 38. The van der Waals surface area contributed by atoms with E-state index in [0.717, 1.165) is 49.7 Å². The number of aliphatic carboxylic acids is 2. The van der Waals surface area contributed by atoms with Gasteiger partial charge in [-0.1, -0.05) is 252 Å². The number of hydrogen-bond acceptors (Lipinski definition) is 3. The number of carbonyl (C=O) groups is 2. The van der Waals surface area contributed by atoms with Gasteiger partial charge in [0.1, 0.15) is 5.75 Å². The van der Waals surface area contributed by atoms with Crippen molar-refractivity contribution in [1.82, 2.24) is 0 Å². The van der Waals surface area contributed by atoms with E-state index in [0.29, 0.717) is 18.4 Å². The molecule has 0 aliphatic carbocycles. The molecule has 0 amide bonds. The lowest BCUT2D eigenvalue weighted by Crippen LogP contribution is -2.45. The van der Waals surface area contributed by atoms with Crippen LogP contribution in [0.3, 0.4) is 0 Å².